The Morgan fingerprint density at radius 1 is 0.804 bits per heavy atom. The largest absolute Gasteiger partial charge is 0.445 e. The zero-order valence-electron chi connectivity index (χ0n) is 27.3. The Labute approximate surface area is 274 Å². The number of piperidine rings is 1. The molecule has 6 rings (SSSR count). The van der Waals surface area contributed by atoms with E-state index in [1.165, 1.54) is 10.9 Å². The molecule has 1 aliphatic carbocycles. The Balaban J connectivity index is 1.06. The number of fused-ring (bicyclic) bond motifs is 1. The van der Waals surface area contributed by atoms with Gasteiger partial charge in [0.05, 0.1) is 0 Å². The molecule has 1 saturated carbocycles. The summed E-state index contributed by atoms with van der Waals surface area (Å²) in [6, 6.07) is 35.4. The Bertz CT molecular complexity index is 1590. The Morgan fingerprint density at radius 2 is 1.48 bits per heavy atom. The summed E-state index contributed by atoms with van der Waals surface area (Å²) in [5.74, 6) is 0.979. The maximum atomic E-state index is 13.3. The average molecular weight is 618 g/mol. The van der Waals surface area contributed by atoms with Crippen LogP contribution in [0.2, 0.25) is 0 Å². The second-order valence-electron chi connectivity index (χ2n) is 13.1. The standard InChI is InChI=1S/C40H47N3O3/c1-3-22-43(40(45)46-29-30-18-19-31-12-10-11-17-34(31)25-30)36-20-23-42(24-21-36)28-35-26-37(27-38(35)32-13-6-4-7-14-32)41(2)39(44)33-15-8-5-9-16-33/h4-19,25,35-38H,3,20-24,26-29H2,1-2H3/t35-,37?,38-/m1/s1. The molecular formula is C40H47N3O3. The highest BCUT2D eigenvalue weighted by atomic mass is 16.6. The van der Waals surface area contributed by atoms with Crippen molar-refractivity contribution in [1.29, 1.82) is 0 Å². The fraction of sp³-hybridized carbons (Fsp3) is 0.400. The number of carbonyl (C=O) groups excluding carboxylic acids is 2. The van der Waals surface area contributed by atoms with Crippen molar-refractivity contribution >= 4 is 22.8 Å². The SMILES string of the molecule is CCCN(C(=O)OCc1ccc2ccccc2c1)C1CCN(C[C@H]2CC(N(C)C(=O)c3ccccc3)C[C@@H]2c2ccccc2)CC1. The van der Waals surface area contributed by atoms with Gasteiger partial charge in [0.2, 0.25) is 0 Å². The van der Waals surface area contributed by atoms with Gasteiger partial charge < -0.3 is 19.4 Å². The van der Waals surface area contributed by atoms with Gasteiger partial charge in [-0.3, -0.25) is 4.79 Å². The average Bonchev–Trinajstić information content (AvgIpc) is 3.53. The summed E-state index contributed by atoms with van der Waals surface area (Å²) < 4.78 is 5.87. The van der Waals surface area contributed by atoms with Crippen molar-refractivity contribution in [3.63, 3.8) is 0 Å². The van der Waals surface area contributed by atoms with E-state index in [1.54, 1.807) is 0 Å². The molecule has 4 aromatic rings. The van der Waals surface area contributed by atoms with Crippen LogP contribution in [0.15, 0.2) is 103 Å². The molecule has 0 spiro atoms. The Morgan fingerprint density at radius 3 is 2.20 bits per heavy atom. The van der Waals surface area contributed by atoms with E-state index in [0.29, 0.717) is 18.4 Å². The van der Waals surface area contributed by atoms with Crippen LogP contribution in [0.3, 0.4) is 0 Å². The van der Waals surface area contributed by atoms with Gasteiger partial charge in [0.25, 0.3) is 5.91 Å². The number of benzene rings is 4. The molecule has 0 radical (unpaired) electrons. The fourth-order valence-electron chi connectivity index (χ4n) is 7.64. The third-order valence-electron chi connectivity index (χ3n) is 10.2. The van der Waals surface area contributed by atoms with E-state index in [0.717, 1.165) is 68.3 Å². The van der Waals surface area contributed by atoms with E-state index >= 15 is 0 Å². The summed E-state index contributed by atoms with van der Waals surface area (Å²) in [4.78, 5) is 33.2. The third kappa shape index (κ3) is 7.45. The van der Waals surface area contributed by atoms with Gasteiger partial charge in [-0.2, -0.15) is 0 Å². The smallest absolute Gasteiger partial charge is 0.410 e. The predicted octanol–water partition coefficient (Wildman–Crippen LogP) is 7.99. The lowest BCUT2D eigenvalue weighted by Gasteiger charge is -2.39. The van der Waals surface area contributed by atoms with Crippen LogP contribution in [-0.4, -0.2) is 72.0 Å². The lowest BCUT2D eigenvalue weighted by atomic mass is 9.88. The minimum Gasteiger partial charge on any atom is -0.445 e. The van der Waals surface area contributed by atoms with E-state index < -0.39 is 0 Å². The molecule has 0 N–H and O–H groups in total. The monoisotopic (exact) mass is 617 g/mol. The topological polar surface area (TPSA) is 53.1 Å². The predicted molar refractivity (Wildman–Crippen MR) is 185 cm³/mol. The van der Waals surface area contributed by atoms with Gasteiger partial charge in [0.1, 0.15) is 6.61 Å². The molecule has 240 valence electrons. The molecule has 6 heteroatoms. The Hall–Kier alpha value is -4.16. The van der Waals surface area contributed by atoms with E-state index in [9.17, 15) is 9.59 Å². The molecular weight excluding hydrogens is 570 g/mol. The molecule has 1 aliphatic heterocycles. The molecule has 0 bridgehead atoms. The van der Waals surface area contributed by atoms with Crippen LogP contribution < -0.4 is 0 Å². The second-order valence-corrected chi connectivity index (χ2v) is 13.1. The number of likely N-dealkylation sites (tertiary alicyclic amines) is 1. The highest BCUT2D eigenvalue weighted by molar-refractivity contribution is 5.94. The van der Waals surface area contributed by atoms with E-state index in [2.05, 4.69) is 66.4 Å². The van der Waals surface area contributed by atoms with Gasteiger partial charge >= 0.3 is 6.09 Å². The molecule has 6 nitrogen and oxygen atoms in total. The van der Waals surface area contributed by atoms with Gasteiger partial charge in [-0.25, -0.2) is 4.79 Å². The number of amides is 2. The molecule has 2 aliphatic rings. The van der Waals surface area contributed by atoms with Gasteiger partial charge in [0.15, 0.2) is 0 Å². The molecule has 3 atom stereocenters. The van der Waals surface area contributed by atoms with Crippen LogP contribution in [0.4, 0.5) is 4.79 Å². The normalized spacial score (nSPS) is 20.4. The molecule has 46 heavy (non-hydrogen) atoms. The molecule has 1 heterocycles. The number of carbonyl (C=O) groups is 2. The number of ether oxygens (including phenoxy) is 1. The summed E-state index contributed by atoms with van der Waals surface area (Å²) in [5, 5.41) is 2.35. The van der Waals surface area contributed by atoms with Gasteiger partial charge in [-0.05, 0) is 84.0 Å². The van der Waals surface area contributed by atoms with E-state index in [4.69, 9.17) is 4.74 Å². The first-order valence-electron chi connectivity index (χ1n) is 17.0. The third-order valence-corrected chi connectivity index (χ3v) is 10.2. The van der Waals surface area contributed by atoms with Crippen LogP contribution in [0, 0.1) is 5.92 Å². The minimum absolute atomic E-state index is 0.0994. The molecule has 1 saturated heterocycles. The van der Waals surface area contributed by atoms with Gasteiger partial charge in [-0.15, -0.1) is 0 Å². The summed E-state index contributed by atoms with van der Waals surface area (Å²) in [6.07, 6.45) is 4.57. The van der Waals surface area contributed by atoms with Crippen LogP contribution in [0.5, 0.6) is 0 Å². The van der Waals surface area contributed by atoms with Crippen molar-refractivity contribution in [2.24, 2.45) is 5.92 Å². The lowest BCUT2D eigenvalue weighted by molar-refractivity contribution is 0.0572. The summed E-state index contributed by atoms with van der Waals surface area (Å²) >= 11 is 0. The van der Waals surface area contributed by atoms with Crippen molar-refractivity contribution < 1.29 is 14.3 Å². The first-order valence-corrected chi connectivity index (χ1v) is 17.0. The molecule has 4 aromatic carbocycles. The van der Waals surface area contributed by atoms with Gasteiger partial charge in [0, 0.05) is 50.9 Å². The van der Waals surface area contributed by atoms with Crippen LogP contribution in [-0.2, 0) is 11.3 Å². The number of hydrogen-bond acceptors (Lipinski definition) is 4. The Kier molecular flexibility index (Phi) is 10.3. The van der Waals surface area contributed by atoms with Crippen LogP contribution in [0.1, 0.15) is 66.4 Å². The molecule has 1 unspecified atom stereocenters. The number of hydrogen-bond donors (Lipinski definition) is 0. The van der Waals surface area contributed by atoms with E-state index in [-0.39, 0.29) is 30.7 Å². The highest BCUT2D eigenvalue weighted by Gasteiger charge is 2.40. The number of nitrogens with zero attached hydrogens (tertiary/aromatic N) is 3. The highest BCUT2D eigenvalue weighted by Crippen LogP contribution is 2.42. The lowest BCUT2D eigenvalue weighted by Crippen LogP contribution is -2.48. The van der Waals surface area contributed by atoms with Crippen LogP contribution >= 0.6 is 0 Å². The van der Waals surface area contributed by atoms with E-state index in [1.807, 2.05) is 65.4 Å². The zero-order valence-corrected chi connectivity index (χ0v) is 27.3. The maximum absolute atomic E-state index is 13.3. The van der Waals surface area contributed by atoms with Crippen molar-refractivity contribution in [3.05, 3.63) is 120 Å². The minimum atomic E-state index is -0.206. The maximum Gasteiger partial charge on any atom is 0.410 e. The zero-order chi connectivity index (χ0) is 31.9. The first kappa shape index (κ1) is 31.8. The first-order chi connectivity index (χ1) is 22.5. The van der Waals surface area contributed by atoms with Crippen molar-refractivity contribution in [2.75, 3.05) is 33.2 Å². The van der Waals surface area contributed by atoms with Crippen molar-refractivity contribution in [3.8, 4) is 0 Å². The van der Waals surface area contributed by atoms with Gasteiger partial charge in [-0.1, -0.05) is 91.9 Å². The molecule has 2 amide bonds. The van der Waals surface area contributed by atoms with Crippen molar-refractivity contribution in [2.45, 2.75) is 63.6 Å². The summed E-state index contributed by atoms with van der Waals surface area (Å²) in [7, 11) is 1.97. The second kappa shape index (κ2) is 15.0. The molecule has 0 aromatic heterocycles. The summed E-state index contributed by atoms with van der Waals surface area (Å²) in [5.41, 5.74) is 3.13. The number of rotatable bonds is 10. The fourth-order valence-corrected chi connectivity index (χ4v) is 7.64. The quantitative estimate of drug-likeness (QED) is 0.181. The van der Waals surface area contributed by atoms with Crippen LogP contribution in [0.25, 0.3) is 10.8 Å². The molecule has 2 fully saturated rings. The summed E-state index contributed by atoms with van der Waals surface area (Å²) in [6.45, 7) is 6.06. The van der Waals surface area contributed by atoms with Crippen molar-refractivity contribution in [1.82, 2.24) is 14.7 Å².